The molecule has 7 nitrogen and oxygen atoms in total. The Morgan fingerprint density at radius 1 is 1.35 bits per heavy atom. The zero-order valence-corrected chi connectivity index (χ0v) is 15.7. The predicted molar refractivity (Wildman–Crippen MR) is 103 cm³/mol. The van der Waals surface area contributed by atoms with E-state index in [9.17, 15) is 9.59 Å². The summed E-state index contributed by atoms with van der Waals surface area (Å²) >= 11 is 2.93. The molecular formula is C17H17N5O2S2. The fraction of sp³-hybridized carbons (Fsp3) is 0.294. The Hall–Kier alpha value is -2.39. The van der Waals surface area contributed by atoms with Crippen LogP contribution in [0.15, 0.2) is 30.5 Å². The van der Waals surface area contributed by atoms with Crippen molar-refractivity contribution >= 4 is 50.9 Å². The number of carbonyl (C=O) groups excluding carboxylic acids is 2. The Bertz CT molecular complexity index is 967. The molecule has 2 aromatic heterocycles. The van der Waals surface area contributed by atoms with E-state index < -0.39 is 6.04 Å². The smallest absolute Gasteiger partial charge is 0.257 e. The molecule has 0 saturated carbocycles. The van der Waals surface area contributed by atoms with Crippen LogP contribution in [0.2, 0.25) is 0 Å². The van der Waals surface area contributed by atoms with Gasteiger partial charge in [0.05, 0.1) is 11.4 Å². The van der Waals surface area contributed by atoms with Gasteiger partial charge in [-0.05, 0) is 12.5 Å². The lowest BCUT2D eigenvalue weighted by molar-refractivity contribution is -0.119. The molecule has 0 bridgehead atoms. The van der Waals surface area contributed by atoms with Crippen LogP contribution in [0, 0.1) is 0 Å². The number of amides is 2. The van der Waals surface area contributed by atoms with Gasteiger partial charge in [-0.2, -0.15) is 0 Å². The minimum absolute atomic E-state index is 0.140. The summed E-state index contributed by atoms with van der Waals surface area (Å²) in [7, 11) is 0. The maximum Gasteiger partial charge on any atom is 0.257 e. The van der Waals surface area contributed by atoms with E-state index in [-0.39, 0.29) is 11.8 Å². The van der Waals surface area contributed by atoms with Gasteiger partial charge in [-0.25, -0.2) is 0 Å². The monoisotopic (exact) mass is 387 g/mol. The highest BCUT2D eigenvalue weighted by atomic mass is 32.2. The van der Waals surface area contributed by atoms with Crippen molar-refractivity contribution in [3.05, 3.63) is 41.0 Å². The number of H-pyrrole nitrogens is 1. The topological polar surface area (TPSA) is 91.0 Å². The van der Waals surface area contributed by atoms with Crippen LogP contribution in [0.1, 0.15) is 22.3 Å². The standard InChI is InChI=1S/C17H17N5O2S2/c1-2-14-20-21-17(26-14)19-15(23)13-8-25-9-22(13)16(24)11-7-18-12-6-4-3-5-10(11)12/h3-7,13,18H,2,8-9H2,1H3,(H,19,21,23)/t13-/m0/s1. The van der Waals surface area contributed by atoms with Crippen LogP contribution in [0.3, 0.4) is 0 Å². The van der Waals surface area contributed by atoms with Gasteiger partial charge in [-0.15, -0.1) is 22.0 Å². The molecule has 0 aliphatic carbocycles. The average molecular weight is 387 g/mol. The molecule has 4 rings (SSSR count). The van der Waals surface area contributed by atoms with Gasteiger partial charge in [0.25, 0.3) is 5.91 Å². The van der Waals surface area contributed by atoms with E-state index in [4.69, 9.17) is 0 Å². The first-order valence-electron chi connectivity index (χ1n) is 8.25. The third-order valence-electron chi connectivity index (χ3n) is 4.26. The summed E-state index contributed by atoms with van der Waals surface area (Å²) in [6.45, 7) is 1.99. The van der Waals surface area contributed by atoms with Crippen molar-refractivity contribution in [3.8, 4) is 0 Å². The van der Waals surface area contributed by atoms with E-state index in [1.807, 2.05) is 31.2 Å². The first-order chi connectivity index (χ1) is 12.7. The number of nitrogens with one attached hydrogen (secondary N) is 2. The van der Waals surface area contributed by atoms with Crippen LogP contribution in [-0.2, 0) is 11.2 Å². The van der Waals surface area contributed by atoms with Crippen LogP contribution in [0.5, 0.6) is 0 Å². The number of hydrogen-bond acceptors (Lipinski definition) is 6. The molecule has 1 fully saturated rings. The maximum absolute atomic E-state index is 13.0. The summed E-state index contributed by atoms with van der Waals surface area (Å²) in [5.74, 6) is 0.702. The van der Waals surface area contributed by atoms with Crippen LogP contribution in [-0.4, -0.2) is 49.6 Å². The summed E-state index contributed by atoms with van der Waals surface area (Å²) in [4.78, 5) is 30.4. The van der Waals surface area contributed by atoms with Crippen LogP contribution >= 0.6 is 23.1 Å². The number of rotatable bonds is 4. The number of anilines is 1. The van der Waals surface area contributed by atoms with Crippen molar-refractivity contribution in [2.75, 3.05) is 16.9 Å². The summed E-state index contributed by atoms with van der Waals surface area (Å²) in [6.07, 6.45) is 2.49. The lowest BCUT2D eigenvalue weighted by atomic mass is 10.1. The average Bonchev–Trinajstić information content (AvgIpc) is 3.39. The quantitative estimate of drug-likeness (QED) is 0.718. The predicted octanol–water partition coefficient (Wildman–Crippen LogP) is 2.74. The molecule has 134 valence electrons. The fourth-order valence-electron chi connectivity index (χ4n) is 2.90. The molecule has 1 atom stereocenters. The normalized spacial score (nSPS) is 17.0. The van der Waals surface area contributed by atoms with Gasteiger partial charge >= 0.3 is 0 Å². The van der Waals surface area contributed by atoms with Gasteiger partial charge in [0, 0.05) is 22.9 Å². The summed E-state index contributed by atoms with van der Waals surface area (Å²) in [6, 6.07) is 7.13. The molecule has 1 saturated heterocycles. The zero-order chi connectivity index (χ0) is 18.1. The van der Waals surface area contributed by atoms with Gasteiger partial charge < -0.3 is 9.88 Å². The van der Waals surface area contributed by atoms with E-state index in [0.29, 0.717) is 22.3 Å². The molecular weight excluding hydrogens is 370 g/mol. The molecule has 0 unspecified atom stereocenters. The molecule has 1 aliphatic rings. The second-order valence-electron chi connectivity index (χ2n) is 5.88. The maximum atomic E-state index is 13.0. The second kappa shape index (κ2) is 7.08. The number of aryl methyl sites for hydroxylation is 1. The summed E-state index contributed by atoms with van der Waals surface area (Å²) in [5, 5.41) is 13.0. The number of hydrogen-bond donors (Lipinski definition) is 2. The Morgan fingerprint density at radius 2 is 2.19 bits per heavy atom. The Kier molecular flexibility index (Phi) is 4.64. The summed E-state index contributed by atoms with van der Waals surface area (Å²) in [5.41, 5.74) is 1.50. The number of aromatic nitrogens is 3. The number of fused-ring (bicyclic) bond motifs is 1. The minimum Gasteiger partial charge on any atom is -0.360 e. The Morgan fingerprint density at radius 3 is 3.00 bits per heavy atom. The van der Waals surface area contributed by atoms with Crippen molar-refractivity contribution in [1.82, 2.24) is 20.1 Å². The SMILES string of the molecule is CCc1nnc(NC(=O)[C@@H]2CSCN2C(=O)c2c[nH]c3ccccc23)s1. The molecule has 1 aliphatic heterocycles. The minimum atomic E-state index is -0.518. The largest absolute Gasteiger partial charge is 0.360 e. The third kappa shape index (κ3) is 3.08. The molecule has 3 aromatic rings. The number of thioether (sulfide) groups is 1. The highest BCUT2D eigenvalue weighted by Gasteiger charge is 2.36. The molecule has 26 heavy (non-hydrogen) atoms. The molecule has 3 heterocycles. The lowest BCUT2D eigenvalue weighted by Crippen LogP contribution is -2.44. The van der Waals surface area contributed by atoms with Gasteiger partial charge in [0.2, 0.25) is 11.0 Å². The van der Waals surface area contributed by atoms with Crippen molar-refractivity contribution in [1.29, 1.82) is 0 Å². The fourth-order valence-corrected chi connectivity index (χ4v) is 4.74. The number of aromatic amines is 1. The number of carbonyl (C=O) groups is 2. The highest BCUT2D eigenvalue weighted by molar-refractivity contribution is 7.99. The third-order valence-corrected chi connectivity index (χ3v) is 6.26. The van der Waals surface area contributed by atoms with E-state index in [2.05, 4.69) is 20.5 Å². The van der Waals surface area contributed by atoms with Gasteiger partial charge in [-0.1, -0.05) is 36.5 Å². The van der Waals surface area contributed by atoms with Gasteiger partial charge in [0.15, 0.2) is 0 Å². The highest BCUT2D eigenvalue weighted by Crippen LogP contribution is 2.27. The van der Waals surface area contributed by atoms with Crippen LogP contribution < -0.4 is 5.32 Å². The number of benzene rings is 1. The van der Waals surface area contributed by atoms with Crippen molar-refractivity contribution in [2.24, 2.45) is 0 Å². The van der Waals surface area contributed by atoms with Gasteiger partial charge in [-0.3, -0.25) is 14.9 Å². The summed E-state index contributed by atoms with van der Waals surface area (Å²) < 4.78 is 0. The second-order valence-corrected chi connectivity index (χ2v) is 7.94. The van der Waals surface area contributed by atoms with E-state index >= 15 is 0 Å². The van der Waals surface area contributed by atoms with E-state index in [0.717, 1.165) is 22.3 Å². The first-order valence-corrected chi connectivity index (χ1v) is 10.2. The molecule has 2 amide bonds. The zero-order valence-electron chi connectivity index (χ0n) is 14.1. The van der Waals surface area contributed by atoms with E-state index in [1.54, 1.807) is 22.9 Å². The Labute approximate surface area is 158 Å². The van der Waals surface area contributed by atoms with Crippen LogP contribution in [0.25, 0.3) is 10.9 Å². The van der Waals surface area contributed by atoms with E-state index in [1.165, 1.54) is 11.3 Å². The first kappa shape index (κ1) is 17.0. The van der Waals surface area contributed by atoms with Crippen molar-refractivity contribution in [2.45, 2.75) is 19.4 Å². The van der Waals surface area contributed by atoms with Crippen molar-refractivity contribution < 1.29 is 9.59 Å². The number of para-hydroxylation sites is 1. The molecule has 9 heteroatoms. The molecule has 0 spiro atoms. The van der Waals surface area contributed by atoms with Crippen LogP contribution in [0.4, 0.5) is 5.13 Å². The lowest BCUT2D eigenvalue weighted by Gasteiger charge is -2.22. The molecule has 1 aromatic carbocycles. The number of nitrogens with zero attached hydrogens (tertiary/aromatic N) is 3. The van der Waals surface area contributed by atoms with Crippen molar-refractivity contribution in [3.63, 3.8) is 0 Å². The Balaban J connectivity index is 1.54. The van der Waals surface area contributed by atoms with Gasteiger partial charge in [0.1, 0.15) is 11.0 Å². The molecule has 2 N–H and O–H groups in total. The molecule has 0 radical (unpaired) electrons.